The smallest absolute Gasteiger partial charge is 0.144 e. The molecule has 0 unspecified atom stereocenters. The minimum atomic E-state index is 0.471. The highest BCUT2D eigenvalue weighted by Crippen LogP contribution is 2.43. The van der Waals surface area contributed by atoms with E-state index in [1.54, 1.807) is 0 Å². The van der Waals surface area contributed by atoms with Gasteiger partial charge in [-0.3, -0.25) is 4.98 Å². The van der Waals surface area contributed by atoms with Gasteiger partial charge in [-0.15, -0.1) is 11.3 Å². The summed E-state index contributed by atoms with van der Waals surface area (Å²) in [5.41, 5.74) is 8.02. The first kappa shape index (κ1) is 21.1. The van der Waals surface area contributed by atoms with Gasteiger partial charge in [0.05, 0.1) is 10.4 Å². The Morgan fingerprint density at radius 2 is 1.47 bits per heavy atom. The molecule has 0 aliphatic heterocycles. The van der Waals surface area contributed by atoms with E-state index in [0.717, 1.165) is 33.2 Å². The molecule has 0 amide bonds. The lowest BCUT2D eigenvalue weighted by Crippen LogP contribution is -1.98. The molecule has 3 aromatic heterocycles. The minimum Gasteiger partial charge on any atom is -0.455 e. The summed E-state index contributed by atoms with van der Waals surface area (Å²) in [6.45, 7) is 9.13. The summed E-state index contributed by atoms with van der Waals surface area (Å²) in [5.74, 6) is 0.941. The maximum absolute atomic E-state index is 6.27. The Balaban J connectivity index is 1.53. The van der Waals surface area contributed by atoms with E-state index in [9.17, 15) is 0 Å². The van der Waals surface area contributed by atoms with Crippen molar-refractivity contribution >= 4 is 43.4 Å². The number of rotatable bonds is 4. The van der Waals surface area contributed by atoms with Gasteiger partial charge in [-0.1, -0.05) is 76.2 Å². The average molecular weight is 462 g/mol. The predicted molar refractivity (Wildman–Crippen MR) is 146 cm³/mol. The number of pyridine rings is 1. The number of benzene rings is 3. The number of para-hydroxylation sites is 2. The quantitative estimate of drug-likeness (QED) is 0.261. The van der Waals surface area contributed by atoms with Gasteiger partial charge < -0.3 is 4.42 Å². The number of thiophene rings is 1. The van der Waals surface area contributed by atoms with E-state index in [4.69, 9.17) is 9.40 Å². The Morgan fingerprint density at radius 3 is 2.24 bits per heavy atom. The fraction of sp³-hybridized carbons (Fsp3) is 0.194. The lowest BCUT2D eigenvalue weighted by molar-refractivity contribution is 0.670. The van der Waals surface area contributed by atoms with Gasteiger partial charge in [0.2, 0.25) is 0 Å². The Bertz CT molecular complexity index is 1640. The molecule has 0 aliphatic rings. The molecule has 34 heavy (non-hydrogen) atoms. The van der Waals surface area contributed by atoms with Gasteiger partial charge in [0.15, 0.2) is 0 Å². The van der Waals surface area contributed by atoms with Gasteiger partial charge in [-0.05, 0) is 58.2 Å². The highest BCUT2D eigenvalue weighted by Gasteiger charge is 2.18. The van der Waals surface area contributed by atoms with Crippen LogP contribution in [0.2, 0.25) is 0 Å². The van der Waals surface area contributed by atoms with Gasteiger partial charge in [-0.25, -0.2) is 0 Å². The molecular weight excluding hydrogens is 434 g/mol. The molecule has 0 saturated carbocycles. The van der Waals surface area contributed by atoms with E-state index < -0.39 is 0 Å². The second-order valence-corrected chi connectivity index (χ2v) is 10.7. The van der Waals surface area contributed by atoms with Crippen LogP contribution in [0.15, 0.2) is 83.4 Å². The standard InChI is InChI=1S/C31H27NOS/c1-18(2)21-10-7-11-22(19(3)4)30(21)28-16-20-15-26(32-17-29(20)34-28)25-13-8-12-24-23-9-5-6-14-27(23)33-31(24)25/h5-19H,1-4H3. The first-order valence-electron chi connectivity index (χ1n) is 11.9. The molecule has 0 bridgehead atoms. The number of fused-ring (bicyclic) bond motifs is 4. The SMILES string of the molecule is CC(C)c1cccc(C(C)C)c1-c1cc2cc(-c3cccc4c3oc3ccccc34)ncc2s1. The maximum atomic E-state index is 6.27. The van der Waals surface area contributed by atoms with Crippen LogP contribution in [0.25, 0.3) is 53.7 Å². The van der Waals surface area contributed by atoms with Crippen LogP contribution in [0, 0.1) is 0 Å². The van der Waals surface area contributed by atoms with Crippen molar-refractivity contribution in [1.29, 1.82) is 0 Å². The second kappa shape index (κ2) is 8.11. The van der Waals surface area contributed by atoms with E-state index in [1.807, 2.05) is 29.7 Å². The zero-order chi connectivity index (χ0) is 23.4. The number of hydrogen-bond acceptors (Lipinski definition) is 3. The van der Waals surface area contributed by atoms with E-state index in [2.05, 4.69) is 88.4 Å². The Kier molecular flexibility index (Phi) is 5.04. The van der Waals surface area contributed by atoms with Crippen LogP contribution in [0.1, 0.15) is 50.7 Å². The average Bonchev–Trinajstić information content (AvgIpc) is 3.44. The van der Waals surface area contributed by atoms with Crippen molar-refractivity contribution in [3.63, 3.8) is 0 Å². The number of furan rings is 1. The summed E-state index contributed by atoms with van der Waals surface area (Å²) in [4.78, 5) is 6.19. The van der Waals surface area contributed by atoms with Gasteiger partial charge in [-0.2, -0.15) is 0 Å². The van der Waals surface area contributed by atoms with Crippen LogP contribution in [0.5, 0.6) is 0 Å². The van der Waals surface area contributed by atoms with Crippen LogP contribution in [-0.2, 0) is 0 Å². The van der Waals surface area contributed by atoms with Crippen molar-refractivity contribution in [2.75, 3.05) is 0 Å². The third-order valence-electron chi connectivity index (χ3n) is 6.70. The molecule has 0 atom stereocenters. The monoisotopic (exact) mass is 461 g/mol. The molecule has 3 aromatic carbocycles. The van der Waals surface area contributed by atoms with Crippen LogP contribution < -0.4 is 0 Å². The normalized spacial score (nSPS) is 12.1. The highest BCUT2D eigenvalue weighted by atomic mass is 32.1. The molecule has 0 fully saturated rings. The first-order valence-corrected chi connectivity index (χ1v) is 12.8. The topological polar surface area (TPSA) is 26.0 Å². The zero-order valence-corrected chi connectivity index (χ0v) is 20.7. The molecule has 6 rings (SSSR count). The Morgan fingerprint density at radius 1 is 0.765 bits per heavy atom. The van der Waals surface area contributed by atoms with E-state index in [1.165, 1.54) is 31.7 Å². The summed E-state index contributed by atoms with van der Waals surface area (Å²) in [6, 6.07) is 25.9. The fourth-order valence-corrected chi connectivity index (χ4v) is 6.10. The molecule has 0 saturated heterocycles. The summed E-state index contributed by atoms with van der Waals surface area (Å²) >= 11 is 1.84. The number of nitrogens with zero attached hydrogens (tertiary/aromatic N) is 1. The molecule has 3 heteroatoms. The second-order valence-electron chi connectivity index (χ2n) is 9.62. The number of hydrogen-bond donors (Lipinski definition) is 0. The Hall–Kier alpha value is -3.43. The first-order chi connectivity index (χ1) is 16.5. The Labute approximate surface area is 203 Å². The molecule has 0 aliphatic carbocycles. The summed E-state index contributed by atoms with van der Waals surface area (Å²) in [6.07, 6.45) is 2.02. The number of aromatic nitrogens is 1. The van der Waals surface area contributed by atoms with Crippen LogP contribution in [0.4, 0.5) is 0 Å². The molecule has 0 spiro atoms. The third kappa shape index (κ3) is 3.35. The van der Waals surface area contributed by atoms with Crippen molar-refractivity contribution in [2.45, 2.75) is 39.5 Å². The third-order valence-corrected chi connectivity index (χ3v) is 7.81. The molecule has 3 heterocycles. The van der Waals surface area contributed by atoms with E-state index in [-0.39, 0.29) is 0 Å². The fourth-order valence-electron chi connectivity index (χ4n) is 5.00. The van der Waals surface area contributed by atoms with Gasteiger partial charge in [0.1, 0.15) is 11.2 Å². The summed E-state index contributed by atoms with van der Waals surface area (Å²) < 4.78 is 7.48. The molecule has 0 N–H and O–H groups in total. The van der Waals surface area contributed by atoms with Gasteiger partial charge in [0.25, 0.3) is 0 Å². The van der Waals surface area contributed by atoms with Gasteiger partial charge >= 0.3 is 0 Å². The van der Waals surface area contributed by atoms with Crippen molar-refractivity contribution in [1.82, 2.24) is 4.98 Å². The summed E-state index contributed by atoms with van der Waals surface area (Å²) in [7, 11) is 0. The van der Waals surface area contributed by atoms with Crippen molar-refractivity contribution in [3.8, 4) is 21.7 Å². The van der Waals surface area contributed by atoms with E-state index in [0.29, 0.717) is 11.8 Å². The molecular formula is C31H27NOS. The largest absolute Gasteiger partial charge is 0.455 e. The van der Waals surface area contributed by atoms with Crippen molar-refractivity contribution in [3.05, 3.63) is 90.1 Å². The zero-order valence-electron chi connectivity index (χ0n) is 19.9. The lowest BCUT2D eigenvalue weighted by atomic mass is 9.88. The lowest BCUT2D eigenvalue weighted by Gasteiger charge is -2.18. The van der Waals surface area contributed by atoms with Crippen LogP contribution in [-0.4, -0.2) is 4.98 Å². The molecule has 168 valence electrons. The van der Waals surface area contributed by atoms with Crippen LogP contribution >= 0.6 is 11.3 Å². The molecule has 2 nitrogen and oxygen atoms in total. The summed E-state index contributed by atoms with van der Waals surface area (Å²) in [5, 5.41) is 3.50. The van der Waals surface area contributed by atoms with Crippen molar-refractivity contribution < 1.29 is 4.42 Å². The van der Waals surface area contributed by atoms with Crippen LogP contribution in [0.3, 0.4) is 0 Å². The van der Waals surface area contributed by atoms with Crippen molar-refractivity contribution in [2.24, 2.45) is 0 Å². The van der Waals surface area contributed by atoms with Gasteiger partial charge in [0, 0.05) is 27.4 Å². The molecule has 6 aromatic rings. The molecule has 0 radical (unpaired) electrons. The predicted octanol–water partition coefficient (Wildman–Crippen LogP) is 9.78. The minimum absolute atomic E-state index is 0.471. The highest BCUT2D eigenvalue weighted by molar-refractivity contribution is 7.22. The van der Waals surface area contributed by atoms with E-state index >= 15 is 0 Å². The maximum Gasteiger partial charge on any atom is 0.144 e.